The van der Waals surface area contributed by atoms with E-state index in [9.17, 15) is 20.1 Å². The first-order chi connectivity index (χ1) is 8.91. The Morgan fingerprint density at radius 1 is 1.53 bits per heavy atom. The third-order valence-electron chi connectivity index (χ3n) is 3.48. The third kappa shape index (κ3) is 2.23. The molecular weight excluding hydrogens is 254 g/mol. The van der Waals surface area contributed by atoms with Crippen LogP contribution in [0.1, 0.15) is 13.2 Å². The van der Waals surface area contributed by atoms with Crippen LogP contribution in [-0.4, -0.2) is 49.8 Å². The van der Waals surface area contributed by atoms with E-state index in [1.807, 2.05) is 0 Å². The number of nitrogens with two attached hydrogens (primary N) is 1. The number of nitrogens with zero attached hydrogens (tertiary/aromatic N) is 2. The normalized spacial score (nSPS) is 34.6. The number of nitrogen functional groups attached to an aromatic ring is 1. The SMILES string of the molecule is CC1(O)C(CO)[C@@H](CO)O[C@H]1n1ccc(N)nc1=O. The molecule has 8 heteroatoms. The quantitative estimate of drug-likeness (QED) is 0.503. The van der Waals surface area contributed by atoms with Gasteiger partial charge in [-0.1, -0.05) is 0 Å². The smallest absolute Gasteiger partial charge is 0.351 e. The van der Waals surface area contributed by atoms with Crippen molar-refractivity contribution in [1.82, 2.24) is 9.55 Å². The lowest BCUT2D eigenvalue weighted by atomic mass is 9.87. The van der Waals surface area contributed by atoms with Crippen LogP contribution < -0.4 is 11.4 Å². The molecule has 2 unspecified atom stereocenters. The second kappa shape index (κ2) is 4.89. The molecule has 1 aromatic heterocycles. The fraction of sp³-hybridized carbons (Fsp3) is 0.636. The number of anilines is 1. The summed E-state index contributed by atoms with van der Waals surface area (Å²) >= 11 is 0. The van der Waals surface area contributed by atoms with Gasteiger partial charge in [0, 0.05) is 12.1 Å². The van der Waals surface area contributed by atoms with Gasteiger partial charge in [0.2, 0.25) is 0 Å². The van der Waals surface area contributed by atoms with Crippen LogP contribution in [0.15, 0.2) is 17.1 Å². The first-order valence-electron chi connectivity index (χ1n) is 5.86. The predicted octanol–water partition coefficient (Wildman–Crippen LogP) is -1.93. The molecule has 106 valence electrons. The lowest BCUT2D eigenvalue weighted by molar-refractivity contribution is -0.0936. The second-order valence-corrected chi connectivity index (χ2v) is 4.77. The molecule has 1 fully saturated rings. The Morgan fingerprint density at radius 3 is 2.68 bits per heavy atom. The maximum atomic E-state index is 11.8. The van der Waals surface area contributed by atoms with E-state index in [0.717, 1.165) is 4.57 Å². The molecule has 0 aliphatic carbocycles. The number of hydrogen-bond donors (Lipinski definition) is 4. The zero-order valence-corrected chi connectivity index (χ0v) is 10.4. The van der Waals surface area contributed by atoms with Gasteiger partial charge in [-0.05, 0) is 13.0 Å². The van der Waals surface area contributed by atoms with Crippen LogP contribution >= 0.6 is 0 Å². The van der Waals surface area contributed by atoms with E-state index in [2.05, 4.69) is 4.98 Å². The molecule has 8 nitrogen and oxygen atoms in total. The Kier molecular flexibility index (Phi) is 3.59. The summed E-state index contributed by atoms with van der Waals surface area (Å²) < 4.78 is 6.55. The number of ether oxygens (including phenoxy) is 1. The Labute approximate surface area is 109 Å². The topological polar surface area (TPSA) is 131 Å². The van der Waals surface area contributed by atoms with Crippen molar-refractivity contribution >= 4 is 5.82 Å². The molecule has 0 spiro atoms. The van der Waals surface area contributed by atoms with Crippen molar-refractivity contribution in [2.45, 2.75) is 24.9 Å². The largest absolute Gasteiger partial charge is 0.396 e. The van der Waals surface area contributed by atoms with Gasteiger partial charge in [0.05, 0.1) is 19.3 Å². The minimum Gasteiger partial charge on any atom is -0.396 e. The molecule has 2 heterocycles. The predicted molar refractivity (Wildman–Crippen MR) is 65.1 cm³/mol. The summed E-state index contributed by atoms with van der Waals surface area (Å²) in [6, 6.07) is 1.40. The molecule has 2 rings (SSSR count). The van der Waals surface area contributed by atoms with Crippen molar-refractivity contribution < 1.29 is 20.1 Å². The van der Waals surface area contributed by atoms with Crippen LogP contribution in [0.25, 0.3) is 0 Å². The van der Waals surface area contributed by atoms with Gasteiger partial charge >= 0.3 is 5.69 Å². The van der Waals surface area contributed by atoms with Gasteiger partial charge in [0.25, 0.3) is 0 Å². The summed E-state index contributed by atoms with van der Waals surface area (Å²) in [4.78, 5) is 15.3. The van der Waals surface area contributed by atoms with Gasteiger partial charge in [0.1, 0.15) is 11.4 Å². The summed E-state index contributed by atoms with van der Waals surface area (Å²) in [6.07, 6.45) is -0.435. The van der Waals surface area contributed by atoms with E-state index >= 15 is 0 Å². The highest BCUT2D eigenvalue weighted by atomic mass is 16.5. The van der Waals surface area contributed by atoms with Crippen LogP contribution in [0, 0.1) is 5.92 Å². The van der Waals surface area contributed by atoms with E-state index in [4.69, 9.17) is 10.5 Å². The van der Waals surface area contributed by atoms with Crippen LogP contribution in [0.4, 0.5) is 5.82 Å². The molecule has 1 saturated heterocycles. The highest BCUT2D eigenvalue weighted by Crippen LogP contribution is 2.41. The number of aromatic nitrogens is 2. The summed E-state index contributed by atoms with van der Waals surface area (Å²) in [7, 11) is 0. The lowest BCUT2D eigenvalue weighted by Gasteiger charge is -2.29. The number of rotatable bonds is 3. The summed E-state index contributed by atoms with van der Waals surface area (Å²) in [5.41, 5.74) is 3.22. The molecule has 19 heavy (non-hydrogen) atoms. The summed E-state index contributed by atoms with van der Waals surface area (Å²) in [6.45, 7) is 0.706. The average molecular weight is 271 g/mol. The van der Waals surface area contributed by atoms with Crippen LogP contribution in [-0.2, 0) is 4.74 Å². The van der Waals surface area contributed by atoms with Crippen molar-refractivity contribution in [3.05, 3.63) is 22.7 Å². The summed E-state index contributed by atoms with van der Waals surface area (Å²) in [5, 5.41) is 29.0. The number of aliphatic hydroxyl groups excluding tert-OH is 2. The molecule has 4 atom stereocenters. The van der Waals surface area contributed by atoms with E-state index < -0.39 is 29.5 Å². The maximum Gasteiger partial charge on any atom is 0.351 e. The molecule has 0 bridgehead atoms. The van der Waals surface area contributed by atoms with Gasteiger partial charge in [-0.15, -0.1) is 0 Å². The minimum atomic E-state index is -1.51. The first-order valence-corrected chi connectivity index (χ1v) is 5.86. The fourth-order valence-electron chi connectivity index (χ4n) is 2.38. The van der Waals surface area contributed by atoms with Gasteiger partial charge in [-0.25, -0.2) is 4.79 Å². The lowest BCUT2D eigenvalue weighted by Crippen LogP contribution is -2.44. The van der Waals surface area contributed by atoms with Gasteiger partial charge in [0.15, 0.2) is 6.23 Å². The molecule has 1 aliphatic rings. The van der Waals surface area contributed by atoms with Gasteiger partial charge in [-0.3, -0.25) is 4.57 Å². The maximum absolute atomic E-state index is 11.8. The zero-order valence-electron chi connectivity index (χ0n) is 10.4. The third-order valence-corrected chi connectivity index (χ3v) is 3.48. The van der Waals surface area contributed by atoms with Crippen molar-refractivity contribution in [2.24, 2.45) is 5.92 Å². The van der Waals surface area contributed by atoms with Crippen LogP contribution in [0.2, 0.25) is 0 Å². The molecule has 0 radical (unpaired) electrons. The average Bonchev–Trinajstić information content (AvgIpc) is 2.60. The van der Waals surface area contributed by atoms with Crippen molar-refractivity contribution in [3.63, 3.8) is 0 Å². The van der Waals surface area contributed by atoms with Crippen LogP contribution in [0.3, 0.4) is 0 Å². The fourth-order valence-corrected chi connectivity index (χ4v) is 2.38. The zero-order chi connectivity index (χ0) is 14.2. The molecule has 0 saturated carbocycles. The van der Waals surface area contributed by atoms with Gasteiger partial charge in [-0.2, -0.15) is 4.98 Å². The molecule has 1 aromatic rings. The Morgan fingerprint density at radius 2 is 2.21 bits per heavy atom. The molecule has 0 amide bonds. The standard InChI is InChI=1S/C11H17N3O5/c1-11(18)6(4-15)7(5-16)19-9(11)14-3-2-8(12)13-10(14)17/h2-3,6-7,9,15-16,18H,4-5H2,1H3,(H2,12,13,17)/t6?,7-,9-,11?/m1/s1. The Bertz CT molecular complexity index is 515. The minimum absolute atomic E-state index is 0.0660. The van der Waals surface area contributed by atoms with Crippen LogP contribution in [0.5, 0.6) is 0 Å². The Hall–Kier alpha value is -1.48. The molecule has 5 N–H and O–H groups in total. The number of hydrogen-bond acceptors (Lipinski definition) is 7. The highest BCUT2D eigenvalue weighted by Gasteiger charge is 2.53. The van der Waals surface area contributed by atoms with E-state index in [1.165, 1.54) is 19.2 Å². The van der Waals surface area contributed by atoms with Crippen molar-refractivity contribution in [2.75, 3.05) is 18.9 Å². The molecule has 0 aromatic carbocycles. The number of aliphatic hydroxyl groups is 3. The van der Waals surface area contributed by atoms with Crippen molar-refractivity contribution in [3.8, 4) is 0 Å². The van der Waals surface area contributed by atoms with E-state index in [1.54, 1.807) is 0 Å². The monoisotopic (exact) mass is 271 g/mol. The Balaban J connectivity index is 2.42. The van der Waals surface area contributed by atoms with Gasteiger partial charge < -0.3 is 25.8 Å². The highest BCUT2D eigenvalue weighted by molar-refractivity contribution is 5.23. The van der Waals surface area contributed by atoms with Crippen molar-refractivity contribution in [1.29, 1.82) is 0 Å². The molecule has 1 aliphatic heterocycles. The van der Waals surface area contributed by atoms with E-state index in [-0.39, 0.29) is 19.0 Å². The summed E-state index contributed by atoms with van der Waals surface area (Å²) in [5.74, 6) is -0.636. The first kappa shape index (κ1) is 13.9. The second-order valence-electron chi connectivity index (χ2n) is 4.77. The van der Waals surface area contributed by atoms with E-state index in [0.29, 0.717) is 0 Å². The molecular formula is C11H17N3O5.